The van der Waals surface area contributed by atoms with Gasteiger partial charge in [-0.15, -0.1) is 0 Å². The summed E-state index contributed by atoms with van der Waals surface area (Å²) < 4.78 is 27.7. The molecule has 3 fully saturated rings. The van der Waals surface area contributed by atoms with Crippen LogP contribution in [0.2, 0.25) is 0 Å². The van der Waals surface area contributed by atoms with Crippen molar-refractivity contribution in [3.8, 4) is 0 Å². The molecule has 4 rings (SSSR count). The largest absolute Gasteiger partial charge is 0.352 e. The minimum Gasteiger partial charge on any atom is -0.352 e. The second-order valence-corrected chi connectivity index (χ2v) is 12.5. The topological polar surface area (TPSA) is 69.7 Å². The van der Waals surface area contributed by atoms with E-state index in [2.05, 4.69) is 24.1 Å². The molecule has 33 heavy (non-hydrogen) atoms. The van der Waals surface area contributed by atoms with E-state index in [0.717, 1.165) is 25.1 Å². The first kappa shape index (κ1) is 24.7. The van der Waals surface area contributed by atoms with Gasteiger partial charge in [0, 0.05) is 44.2 Å². The van der Waals surface area contributed by atoms with Crippen LogP contribution in [0.3, 0.4) is 0 Å². The van der Waals surface area contributed by atoms with Gasteiger partial charge in [0.25, 0.3) is 0 Å². The lowest BCUT2D eigenvalue weighted by Gasteiger charge is -2.31. The maximum Gasteiger partial charge on any atom is 0.243 e. The number of rotatable bonds is 6. The molecule has 7 heteroatoms. The summed E-state index contributed by atoms with van der Waals surface area (Å²) in [5.41, 5.74) is 1.13. The molecule has 184 valence electrons. The van der Waals surface area contributed by atoms with Gasteiger partial charge in [-0.05, 0) is 55.7 Å². The second kappa shape index (κ2) is 10.9. The Labute approximate surface area is 200 Å². The van der Waals surface area contributed by atoms with Gasteiger partial charge in [-0.25, -0.2) is 8.42 Å². The number of nitrogens with one attached hydrogen (secondary N) is 1. The minimum atomic E-state index is -3.50. The maximum atomic E-state index is 13.1. The molecule has 0 radical (unpaired) electrons. The number of nitrogens with zero attached hydrogens (tertiary/aromatic N) is 2. The first-order chi connectivity index (χ1) is 15.8. The smallest absolute Gasteiger partial charge is 0.243 e. The molecule has 1 unspecified atom stereocenters. The Morgan fingerprint density at radius 2 is 1.55 bits per heavy atom. The average Bonchev–Trinajstić information content (AvgIpc) is 3.11. The van der Waals surface area contributed by atoms with Crippen LogP contribution in [0, 0.1) is 5.92 Å². The number of benzene rings is 1. The Morgan fingerprint density at radius 1 is 0.909 bits per heavy atom. The number of likely N-dealkylation sites (tertiary alicyclic amines) is 1. The van der Waals surface area contributed by atoms with Crippen LogP contribution in [0.25, 0.3) is 0 Å². The number of hydrogen-bond acceptors (Lipinski definition) is 4. The normalized spacial score (nSPS) is 24.8. The van der Waals surface area contributed by atoms with Crippen molar-refractivity contribution >= 4 is 15.9 Å². The summed E-state index contributed by atoms with van der Waals surface area (Å²) in [7, 11) is -3.50. The van der Waals surface area contributed by atoms with E-state index in [4.69, 9.17) is 0 Å². The Morgan fingerprint density at radius 3 is 2.15 bits per heavy atom. The van der Waals surface area contributed by atoms with Crippen molar-refractivity contribution in [2.24, 2.45) is 5.92 Å². The van der Waals surface area contributed by atoms with Crippen molar-refractivity contribution in [3.63, 3.8) is 0 Å². The van der Waals surface area contributed by atoms with Crippen LogP contribution in [-0.4, -0.2) is 61.8 Å². The molecule has 1 amide bonds. The molecular weight excluding hydrogens is 434 g/mol. The standard InChI is InChI=1S/C26H41N3O3S/c1-20(2)21-9-11-25(12-10-21)33(31,32)29-17-13-22(14-18-29)26(30)27-23-15-16-28(19-23)24-7-5-3-4-6-8-24/h9-12,20,22-24H,3-8,13-19H2,1-2H3,(H,27,30). The quantitative estimate of drug-likeness (QED) is 0.628. The van der Waals surface area contributed by atoms with Gasteiger partial charge in [0.2, 0.25) is 15.9 Å². The van der Waals surface area contributed by atoms with Gasteiger partial charge in [0.1, 0.15) is 0 Å². The van der Waals surface area contributed by atoms with Crippen molar-refractivity contribution in [1.82, 2.24) is 14.5 Å². The molecule has 1 aromatic carbocycles. The molecule has 2 heterocycles. The van der Waals surface area contributed by atoms with Gasteiger partial charge in [0.05, 0.1) is 4.90 Å². The highest BCUT2D eigenvalue weighted by molar-refractivity contribution is 7.89. The minimum absolute atomic E-state index is 0.0910. The summed E-state index contributed by atoms with van der Waals surface area (Å²) in [6.45, 7) is 7.06. The predicted octanol–water partition coefficient (Wildman–Crippen LogP) is 4.12. The van der Waals surface area contributed by atoms with E-state index in [0.29, 0.717) is 42.8 Å². The van der Waals surface area contributed by atoms with Crippen molar-refractivity contribution in [2.75, 3.05) is 26.2 Å². The van der Waals surface area contributed by atoms with Gasteiger partial charge in [-0.2, -0.15) is 4.31 Å². The lowest BCUT2D eigenvalue weighted by atomic mass is 9.97. The number of sulfonamides is 1. The third-order valence-corrected chi connectivity index (χ3v) is 9.83. The Balaban J connectivity index is 1.26. The zero-order valence-corrected chi connectivity index (χ0v) is 21.2. The molecular formula is C26H41N3O3S. The molecule has 2 aliphatic heterocycles. The molecule has 3 aliphatic rings. The number of carbonyl (C=O) groups is 1. The summed E-state index contributed by atoms with van der Waals surface area (Å²) >= 11 is 0. The zero-order chi connectivity index (χ0) is 23.4. The lowest BCUT2D eigenvalue weighted by molar-refractivity contribution is -0.126. The molecule has 1 saturated carbocycles. The first-order valence-corrected chi connectivity index (χ1v) is 14.4. The number of hydrogen-bond donors (Lipinski definition) is 1. The summed E-state index contributed by atoms with van der Waals surface area (Å²) in [5, 5.41) is 3.29. The van der Waals surface area contributed by atoms with Gasteiger partial charge in [-0.1, -0.05) is 51.7 Å². The zero-order valence-electron chi connectivity index (χ0n) is 20.3. The highest BCUT2D eigenvalue weighted by Gasteiger charge is 2.34. The van der Waals surface area contributed by atoms with E-state index >= 15 is 0 Å². The van der Waals surface area contributed by atoms with Crippen molar-refractivity contribution in [1.29, 1.82) is 0 Å². The van der Waals surface area contributed by atoms with Crippen LogP contribution in [-0.2, 0) is 14.8 Å². The Bertz CT molecular complexity index is 884. The molecule has 1 aliphatic carbocycles. The molecule has 1 atom stereocenters. The molecule has 0 aromatic heterocycles. The maximum absolute atomic E-state index is 13.1. The van der Waals surface area contributed by atoms with E-state index < -0.39 is 10.0 Å². The molecule has 1 N–H and O–H groups in total. The Kier molecular flexibility index (Phi) is 8.13. The molecule has 2 saturated heterocycles. The van der Waals surface area contributed by atoms with Crippen LogP contribution in [0.1, 0.15) is 83.1 Å². The summed E-state index contributed by atoms with van der Waals surface area (Å²) in [6.07, 6.45) is 10.2. The molecule has 1 aromatic rings. The monoisotopic (exact) mass is 475 g/mol. The summed E-state index contributed by atoms with van der Waals surface area (Å²) in [5.74, 6) is 0.392. The van der Waals surface area contributed by atoms with Crippen LogP contribution >= 0.6 is 0 Å². The lowest BCUT2D eigenvalue weighted by Crippen LogP contribution is -2.46. The fourth-order valence-electron chi connectivity index (χ4n) is 5.71. The molecule has 0 bridgehead atoms. The number of piperidine rings is 1. The fourth-order valence-corrected chi connectivity index (χ4v) is 7.18. The third-order valence-electron chi connectivity index (χ3n) is 7.92. The van der Waals surface area contributed by atoms with E-state index in [9.17, 15) is 13.2 Å². The molecule has 6 nitrogen and oxygen atoms in total. The first-order valence-electron chi connectivity index (χ1n) is 13.0. The van der Waals surface area contributed by atoms with Crippen LogP contribution in [0.15, 0.2) is 29.2 Å². The highest BCUT2D eigenvalue weighted by atomic mass is 32.2. The van der Waals surface area contributed by atoms with Gasteiger partial charge < -0.3 is 5.32 Å². The van der Waals surface area contributed by atoms with Gasteiger partial charge >= 0.3 is 0 Å². The van der Waals surface area contributed by atoms with Crippen molar-refractivity contribution in [3.05, 3.63) is 29.8 Å². The van der Waals surface area contributed by atoms with Crippen LogP contribution < -0.4 is 5.32 Å². The summed E-state index contributed by atoms with van der Waals surface area (Å²) in [4.78, 5) is 15.9. The van der Waals surface area contributed by atoms with E-state index in [-0.39, 0.29) is 17.9 Å². The fraction of sp³-hybridized carbons (Fsp3) is 0.731. The number of amides is 1. The van der Waals surface area contributed by atoms with Gasteiger partial charge in [-0.3, -0.25) is 9.69 Å². The van der Waals surface area contributed by atoms with Crippen LogP contribution in [0.4, 0.5) is 0 Å². The van der Waals surface area contributed by atoms with Crippen molar-refractivity contribution < 1.29 is 13.2 Å². The van der Waals surface area contributed by atoms with Gasteiger partial charge in [0.15, 0.2) is 0 Å². The average molecular weight is 476 g/mol. The van der Waals surface area contributed by atoms with E-state index in [1.165, 1.54) is 38.5 Å². The predicted molar refractivity (Wildman–Crippen MR) is 132 cm³/mol. The second-order valence-electron chi connectivity index (χ2n) is 10.5. The van der Waals surface area contributed by atoms with Crippen molar-refractivity contribution in [2.45, 2.75) is 94.5 Å². The van der Waals surface area contributed by atoms with E-state index in [1.807, 2.05) is 12.1 Å². The van der Waals surface area contributed by atoms with E-state index in [1.54, 1.807) is 16.4 Å². The molecule has 0 spiro atoms. The highest BCUT2D eigenvalue weighted by Crippen LogP contribution is 2.27. The van der Waals surface area contributed by atoms with Crippen LogP contribution in [0.5, 0.6) is 0 Å². The summed E-state index contributed by atoms with van der Waals surface area (Å²) in [6, 6.07) is 8.15. The third kappa shape index (κ3) is 5.98. The number of carbonyl (C=O) groups excluding carboxylic acids is 1. The Hall–Kier alpha value is -1.44. The SMILES string of the molecule is CC(C)c1ccc(S(=O)(=O)N2CCC(C(=O)NC3CCN(C4CCCCCC4)C3)CC2)cc1.